The summed E-state index contributed by atoms with van der Waals surface area (Å²) in [6.07, 6.45) is 1.73. The summed E-state index contributed by atoms with van der Waals surface area (Å²) in [6, 6.07) is 21.3. The fraction of sp³-hybridized carbons (Fsp3) is 0.0526. The summed E-state index contributed by atoms with van der Waals surface area (Å²) in [7, 11) is 1.73. The molecule has 134 valence electrons. The third-order valence-corrected chi connectivity index (χ3v) is 3.62. The van der Waals surface area contributed by atoms with Crippen LogP contribution < -0.4 is 15.8 Å². The van der Waals surface area contributed by atoms with Gasteiger partial charge in [-0.15, -0.1) is 17.5 Å². The lowest BCUT2D eigenvalue weighted by molar-refractivity contribution is 0.248. The van der Waals surface area contributed by atoms with Gasteiger partial charge >= 0.3 is 6.03 Å². The lowest BCUT2D eigenvalue weighted by Gasteiger charge is -2.22. The Morgan fingerprint density at radius 3 is 2.00 bits per heavy atom. The maximum atomic E-state index is 12.8. The van der Waals surface area contributed by atoms with E-state index in [2.05, 4.69) is 10.5 Å². The lowest BCUT2D eigenvalue weighted by Crippen LogP contribution is -2.36. The molecule has 0 saturated heterocycles. The number of aromatic hydroxyl groups is 1. The highest BCUT2D eigenvalue weighted by atomic mass is 35.5. The molecule has 0 bridgehead atoms. The van der Waals surface area contributed by atoms with Crippen molar-refractivity contribution in [2.24, 2.45) is 12.1 Å². The van der Waals surface area contributed by atoms with Crippen LogP contribution in [0.5, 0.6) is 5.75 Å². The van der Waals surface area contributed by atoms with Crippen LogP contribution in [-0.2, 0) is 7.05 Å². The van der Waals surface area contributed by atoms with Crippen molar-refractivity contribution in [3.63, 3.8) is 0 Å². The Labute approximate surface area is 157 Å². The summed E-state index contributed by atoms with van der Waals surface area (Å²) in [5.74, 6) is -0.0173. The minimum absolute atomic E-state index is 0. The van der Waals surface area contributed by atoms with Crippen molar-refractivity contribution in [2.45, 2.75) is 0 Å². The van der Waals surface area contributed by atoms with Gasteiger partial charge in [0, 0.05) is 13.2 Å². The van der Waals surface area contributed by atoms with Crippen molar-refractivity contribution < 1.29 is 9.90 Å². The summed E-state index contributed by atoms with van der Waals surface area (Å²) in [5, 5.41) is 13.9. The number of pyridine rings is 1. The second kappa shape index (κ2) is 8.73. The molecular formula is C19H19ClN4O2. The predicted molar refractivity (Wildman–Crippen MR) is 103 cm³/mol. The Bertz CT molecular complexity index is 864. The van der Waals surface area contributed by atoms with Crippen LogP contribution in [0.3, 0.4) is 0 Å². The van der Waals surface area contributed by atoms with Gasteiger partial charge in [0.25, 0.3) is 0 Å². The summed E-state index contributed by atoms with van der Waals surface area (Å²) in [5.41, 5.74) is 4.19. The Morgan fingerprint density at radius 2 is 1.50 bits per heavy atom. The van der Waals surface area contributed by atoms with E-state index in [1.54, 1.807) is 23.9 Å². The van der Waals surface area contributed by atoms with Crippen molar-refractivity contribution in [3.8, 4) is 5.75 Å². The molecule has 3 rings (SSSR count). The van der Waals surface area contributed by atoms with Gasteiger partial charge in [-0.2, -0.15) is 0 Å². The second-order valence-electron chi connectivity index (χ2n) is 5.36. The molecule has 0 aliphatic rings. The van der Waals surface area contributed by atoms with Crippen LogP contribution in [0.2, 0.25) is 0 Å². The highest BCUT2D eigenvalue weighted by Gasteiger charge is 2.17. The number of hydrogen-bond donors (Lipinski definition) is 2. The number of nitrogens with zero attached hydrogens (tertiary/aromatic N) is 3. The first-order valence-electron chi connectivity index (χ1n) is 7.75. The van der Waals surface area contributed by atoms with Gasteiger partial charge in [-0.25, -0.2) is 10.2 Å². The topological polar surface area (TPSA) is 69.9 Å². The monoisotopic (exact) mass is 370 g/mol. The molecule has 1 aromatic heterocycles. The van der Waals surface area contributed by atoms with E-state index in [0.29, 0.717) is 11.4 Å². The zero-order valence-electron chi connectivity index (χ0n) is 14.1. The van der Waals surface area contributed by atoms with Crippen molar-refractivity contribution in [3.05, 3.63) is 84.5 Å². The molecule has 0 saturated carbocycles. The number of aromatic nitrogens is 1. The van der Waals surface area contributed by atoms with Crippen LogP contribution in [0.15, 0.2) is 84.1 Å². The van der Waals surface area contributed by atoms with E-state index in [-0.39, 0.29) is 23.6 Å². The van der Waals surface area contributed by atoms with Crippen LogP contribution in [0.25, 0.3) is 0 Å². The number of para-hydroxylation sites is 2. The van der Waals surface area contributed by atoms with Gasteiger partial charge in [-0.3, -0.25) is 4.90 Å². The van der Waals surface area contributed by atoms with E-state index in [0.717, 1.165) is 0 Å². The minimum atomic E-state index is -0.430. The van der Waals surface area contributed by atoms with E-state index in [1.165, 1.54) is 11.0 Å². The Hall–Kier alpha value is -3.25. The van der Waals surface area contributed by atoms with E-state index >= 15 is 0 Å². The average Bonchev–Trinajstić information content (AvgIpc) is 2.63. The standard InChI is InChI=1S/C19H18N4O2.ClH/c1-22-14-8-13-17(24)18(22)20-21-19(25)23(15-9-4-2-5-10-15)16-11-6-3-7-12-16;/h2-14,24H,1H3,(H,21,25);1H. The third-order valence-electron chi connectivity index (χ3n) is 3.62. The van der Waals surface area contributed by atoms with Crippen molar-refractivity contribution in [1.82, 2.24) is 9.99 Å². The molecule has 26 heavy (non-hydrogen) atoms. The van der Waals surface area contributed by atoms with E-state index in [9.17, 15) is 9.90 Å². The molecule has 0 aliphatic heterocycles. The number of carbonyl (C=O) groups excluding carboxylic acids is 1. The zero-order chi connectivity index (χ0) is 17.6. The third kappa shape index (κ3) is 4.23. The number of urea groups is 1. The first-order chi connectivity index (χ1) is 12.2. The SMILES string of the molecule is Cl.Cn1cccc(O)c1=NNC(=O)N(c1ccccc1)c1ccccc1. The van der Waals surface area contributed by atoms with E-state index in [1.807, 2.05) is 60.7 Å². The van der Waals surface area contributed by atoms with Gasteiger partial charge in [0.1, 0.15) is 0 Å². The van der Waals surface area contributed by atoms with Gasteiger partial charge in [0.2, 0.25) is 0 Å². The van der Waals surface area contributed by atoms with Gasteiger partial charge in [0.05, 0.1) is 11.4 Å². The van der Waals surface area contributed by atoms with Gasteiger partial charge in [-0.05, 0) is 36.4 Å². The molecule has 0 atom stereocenters. The number of carbonyl (C=O) groups is 1. The van der Waals surface area contributed by atoms with Crippen molar-refractivity contribution >= 4 is 29.8 Å². The molecule has 2 amide bonds. The summed E-state index contributed by atoms with van der Waals surface area (Å²) >= 11 is 0. The second-order valence-corrected chi connectivity index (χ2v) is 5.36. The fourth-order valence-electron chi connectivity index (χ4n) is 2.41. The maximum Gasteiger partial charge on any atom is 0.346 e. The van der Waals surface area contributed by atoms with Crippen LogP contribution in [0, 0.1) is 0 Å². The van der Waals surface area contributed by atoms with Crippen LogP contribution in [0.4, 0.5) is 16.2 Å². The quantitative estimate of drug-likeness (QED) is 0.692. The summed E-state index contributed by atoms with van der Waals surface area (Å²) in [6.45, 7) is 0. The first kappa shape index (κ1) is 19.1. The Kier molecular flexibility index (Phi) is 6.41. The highest BCUT2D eigenvalue weighted by molar-refractivity contribution is 5.99. The van der Waals surface area contributed by atoms with Gasteiger partial charge < -0.3 is 9.67 Å². The molecule has 2 N–H and O–H groups in total. The van der Waals surface area contributed by atoms with Crippen LogP contribution >= 0.6 is 12.4 Å². The summed E-state index contributed by atoms with van der Waals surface area (Å²) in [4.78, 5) is 14.3. The predicted octanol–water partition coefficient (Wildman–Crippen LogP) is 3.52. The van der Waals surface area contributed by atoms with Gasteiger partial charge in [-0.1, -0.05) is 36.4 Å². The molecule has 7 heteroatoms. The first-order valence-corrected chi connectivity index (χ1v) is 7.75. The highest BCUT2D eigenvalue weighted by Crippen LogP contribution is 2.24. The zero-order valence-corrected chi connectivity index (χ0v) is 14.9. The van der Waals surface area contributed by atoms with E-state index < -0.39 is 6.03 Å². The number of anilines is 2. The van der Waals surface area contributed by atoms with Crippen molar-refractivity contribution in [1.29, 1.82) is 0 Å². The molecule has 0 radical (unpaired) electrons. The molecule has 0 aliphatic carbocycles. The van der Waals surface area contributed by atoms with E-state index in [4.69, 9.17) is 0 Å². The molecule has 0 fully saturated rings. The number of halogens is 1. The van der Waals surface area contributed by atoms with Crippen LogP contribution in [0.1, 0.15) is 0 Å². The lowest BCUT2D eigenvalue weighted by atomic mass is 10.2. The van der Waals surface area contributed by atoms with Crippen molar-refractivity contribution in [2.75, 3.05) is 4.90 Å². The summed E-state index contributed by atoms with van der Waals surface area (Å²) < 4.78 is 1.62. The molecule has 3 aromatic rings. The minimum Gasteiger partial charge on any atom is -0.504 e. The number of nitrogens with one attached hydrogen (secondary N) is 1. The molecular weight excluding hydrogens is 352 g/mol. The number of amides is 2. The molecule has 0 spiro atoms. The number of benzene rings is 2. The largest absolute Gasteiger partial charge is 0.504 e. The smallest absolute Gasteiger partial charge is 0.346 e. The fourth-order valence-corrected chi connectivity index (χ4v) is 2.41. The Morgan fingerprint density at radius 1 is 0.962 bits per heavy atom. The maximum absolute atomic E-state index is 12.8. The Balaban J connectivity index is 0.00000243. The molecule has 0 unspecified atom stereocenters. The van der Waals surface area contributed by atoms with Crippen LogP contribution in [-0.4, -0.2) is 15.7 Å². The number of hydrogen-bond acceptors (Lipinski definition) is 3. The molecule has 1 heterocycles. The van der Waals surface area contributed by atoms with Gasteiger partial charge in [0.15, 0.2) is 11.2 Å². The number of aryl methyl sites for hydroxylation is 1. The number of rotatable bonds is 3. The normalized spacial score (nSPS) is 10.7. The molecule has 6 nitrogen and oxygen atoms in total. The molecule has 2 aromatic carbocycles. The average molecular weight is 371 g/mol.